The van der Waals surface area contributed by atoms with Crippen molar-refractivity contribution >= 4 is 21.6 Å². The minimum absolute atomic E-state index is 0.176. The summed E-state index contributed by atoms with van der Waals surface area (Å²) in [5, 5.41) is 2.65. The molecule has 0 atom stereocenters. The van der Waals surface area contributed by atoms with Crippen molar-refractivity contribution in [3.05, 3.63) is 53.6 Å². The quantitative estimate of drug-likeness (QED) is 0.793. The molecular weight excluding hydrogens is 340 g/mol. The van der Waals surface area contributed by atoms with Crippen molar-refractivity contribution in [3.8, 4) is 5.75 Å². The highest BCUT2D eigenvalue weighted by Crippen LogP contribution is 2.23. The molecule has 0 radical (unpaired) electrons. The van der Waals surface area contributed by atoms with Crippen LogP contribution >= 0.6 is 0 Å². The average molecular weight is 362 g/mol. The van der Waals surface area contributed by atoms with E-state index in [0.29, 0.717) is 23.6 Å². The monoisotopic (exact) mass is 362 g/mol. The van der Waals surface area contributed by atoms with E-state index in [1.807, 2.05) is 19.9 Å². The predicted octanol–water partition coefficient (Wildman–Crippen LogP) is 2.62. The molecule has 2 aromatic rings. The van der Waals surface area contributed by atoms with Gasteiger partial charge >= 0.3 is 0 Å². The number of ether oxygens (including phenoxy) is 1. The van der Waals surface area contributed by atoms with Crippen LogP contribution in [-0.2, 0) is 14.8 Å². The molecule has 2 aromatic carbocycles. The predicted molar refractivity (Wildman–Crippen MR) is 97.3 cm³/mol. The molecular formula is C18H22N2O4S. The lowest BCUT2D eigenvalue weighted by atomic mass is 10.2. The van der Waals surface area contributed by atoms with Crippen molar-refractivity contribution < 1.29 is 17.9 Å². The number of carbonyl (C=O) groups excluding carboxylic acids is 1. The van der Waals surface area contributed by atoms with E-state index in [9.17, 15) is 13.2 Å². The van der Waals surface area contributed by atoms with Gasteiger partial charge in [-0.25, -0.2) is 13.1 Å². The van der Waals surface area contributed by atoms with E-state index in [0.717, 1.165) is 5.56 Å². The Kier molecular flexibility index (Phi) is 6.17. The third-order valence-electron chi connectivity index (χ3n) is 3.52. The lowest BCUT2D eigenvalue weighted by molar-refractivity contribution is -0.115. The smallest absolute Gasteiger partial charge is 0.241 e. The molecule has 0 bridgehead atoms. The summed E-state index contributed by atoms with van der Waals surface area (Å²) < 4.78 is 32.6. The Morgan fingerprint density at radius 1 is 1.12 bits per heavy atom. The van der Waals surface area contributed by atoms with Crippen LogP contribution < -0.4 is 14.8 Å². The minimum atomic E-state index is -3.76. The van der Waals surface area contributed by atoms with Crippen molar-refractivity contribution in [2.75, 3.05) is 18.5 Å². The number of aryl methyl sites for hydroxylation is 2. The molecule has 0 heterocycles. The van der Waals surface area contributed by atoms with E-state index >= 15 is 0 Å². The summed E-state index contributed by atoms with van der Waals surface area (Å²) in [7, 11) is -3.76. The largest absolute Gasteiger partial charge is 0.492 e. The second-order valence-corrected chi connectivity index (χ2v) is 7.31. The van der Waals surface area contributed by atoms with Gasteiger partial charge in [0, 0.05) is 0 Å². The van der Waals surface area contributed by atoms with Crippen molar-refractivity contribution in [2.24, 2.45) is 0 Å². The van der Waals surface area contributed by atoms with Crippen LogP contribution in [0.4, 0.5) is 5.69 Å². The number of sulfonamides is 1. The first kappa shape index (κ1) is 19.0. The molecule has 0 saturated heterocycles. The third-order valence-corrected chi connectivity index (χ3v) is 5.06. The van der Waals surface area contributed by atoms with Crippen molar-refractivity contribution in [1.82, 2.24) is 4.72 Å². The van der Waals surface area contributed by atoms with Gasteiger partial charge in [-0.1, -0.05) is 24.3 Å². The fourth-order valence-corrected chi connectivity index (χ4v) is 3.59. The molecule has 0 aromatic heterocycles. The first-order valence-electron chi connectivity index (χ1n) is 7.92. The molecule has 0 saturated carbocycles. The Balaban J connectivity index is 2.06. The highest BCUT2D eigenvalue weighted by atomic mass is 32.2. The van der Waals surface area contributed by atoms with Gasteiger partial charge in [0.15, 0.2) is 0 Å². The Morgan fingerprint density at radius 3 is 2.56 bits per heavy atom. The van der Waals surface area contributed by atoms with Gasteiger partial charge in [0.1, 0.15) is 5.75 Å². The molecule has 0 spiro atoms. The number of anilines is 1. The fourth-order valence-electron chi connectivity index (χ4n) is 2.28. The number of hydrogen-bond donors (Lipinski definition) is 2. The van der Waals surface area contributed by atoms with E-state index in [4.69, 9.17) is 4.74 Å². The Hall–Kier alpha value is -2.38. The van der Waals surface area contributed by atoms with E-state index in [1.165, 1.54) is 0 Å². The molecule has 0 aliphatic heterocycles. The van der Waals surface area contributed by atoms with Crippen LogP contribution in [0.1, 0.15) is 18.1 Å². The number of rotatable bonds is 7. The van der Waals surface area contributed by atoms with Crippen LogP contribution in [0.3, 0.4) is 0 Å². The number of nitrogens with one attached hydrogen (secondary N) is 2. The summed E-state index contributed by atoms with van der Waals surface area (Å²) in [6.45, 7) is 5.47. The Bertz CT molecular complexity index is 863. The normalized spacial score (nSPS) is 11.2. The van der Waals surface area contributed by atoms with Crippen molar-refractivity contribution in [1.29, 1.82) is 0 Å². The summed E-state index contributed by atoms with van der Waals surface area (Å²) in [4.78, 5) is 12.3. The van der Waals surface area contributed by atoms with Crippen LogP contribution in [0, 0.1) is 13.8 Å². The van der Waals surface area contributed by atoms with E-state index in [2.05, 4.69) is 10.0 Å². The van der Waals surface area contributed by atoms with Gasteiger partial charge in [-0.05, 0) is 50.1 Å². The highest BCUT2D eigenvalue weighted by molar-refractivity contribution is 7.89. The lowest BCUT2D eigenvalue weighted by Gasteiger charge is -2.12. The maximum Gasteiger partial charge on any atom is 0.241 e. The van der Waals surface area contributed by atoms with Crippen LogP contribution in [0.5, 0.6) is 5.75 Å². The summed E-state index contributed by atoms with van der Waals surface area (Å²) in [6.07, 6.45) is 0. The highest BCUT2D eigenvalue weighted by Gasteiger charge is 2.18. The zero-order valence-corrected chi connectivity index (χ0v) is 15.3. The standard InChI is InChI=1S/C18H22N2O4S/c1-4-24-16-8-6-5-7-15(16)20-18(21)12-19-25(22,23)17-11-13(2)9-10-14(17)3/h5-11,19H,4,12H2,1-3H3,(H,20,21). The van der Waals surface area contributed by atoms with Crippen molar-refractivity contribution in [3.63, 3.8) is 0 Å². The number of amides is 1. The molecule has 1 amide bonds. The van der Waals surface area contributed by atoms with Gasteiger partial charge in [0.05, 0.1) is 23.7 Å². The molecule has 2 N–H and O–H groups in total. The Labute approximate surface area is 148 Å². The van der Waals surface area contributed by atoms with Crippen LogP contribution in [0.15, 0.2) is 47.4 Å². The molecule has 25 heavy (non-hydrogen) atoms. The van der Waals surface area contributed by atoms with Crippen LogP contribution in [-0.4, -0.2) is 27.5 Å². The lowest BCUT2D eigenvalue weighted by Crippen LogP contribution is -2.33. The molecule has 7 heteroatoms. The zero-order valence-electron chi connectivity index (χ0n) is 14.5. The van der Waals surface area contributed by atoms with Crippen molar-refractivity contribution in [2.45, 2.75) is 25.7 Å². The van der Waals surface area contributed by atoms with E-state index in [1.54, 1.807) is 43.3 Å². The van der Waals surface area contributed by atoms with Gasteiger partial charge in [0.2, 0.25) is 15.9 Å². The number of carbonyl (C=O) groups is 1. The second kappa shape index (κ2) is 8.13. The maximum absolute atomic E-state index is 12.4. The SMILES string of the molecule is CCOc1ccccc1NC(=O)CNS(=O)(=O)c1cc(C)ccc1C. The molecule has 0 fully saturated rings. The van der Waals surface area contributed by atoms with E-state index < -0.39 is 15.9 Å². The van der Waals surface area contributed by atoms with Gasteiger partial charge in [-0.2, -0.15) is 0 Å². The number of hydrogen-bond acceptors (Lipinski definition) is 4. The molecule has 134 valence electrons. The zero-order chi connectivity index (χ0) is 18.4. The topological polar surface area (TPSA) is 84.5 Å². The molecule has 2 rings (SSSR count). The second-order valence-electron chi connectivity index (χ2n) is 5.57. The summed E-state index contributed by atoms with van der Waals surface area (Å²) >= 11 is 0. The van der Waals surface area contributed by atoms with Gasteiger partial charge < -0.3 is 10.1 Å². The van der Waals surface area contributed by atoms with Gasteiger partial charge in [-0.3, -0.25) is 4.79 Å². The number of benzene rings is 2. The Morgan fingerprint density at radius 2 is 1.84 bits per heavy atom. The molecule has 0 aliphatic rings. The minimum Gasteiger partial charge on any atom is -0.492 e. The molecule has 6 nitrogen and oxygen atoms in total. The first-order valence-corrected chi connectivity index (χ1v) is 9.40. The molecule has 0 aliphatic carbocycles. The summed E-state index contributed by atoms with van der Waals surface area (Å²) in [6, 6.07) is 12.2. The fraction of sp³-hybridized carbons (Fsp3) is 0.278. The van der Waals surface area contributed by atoms with Crippen LogP contribution in [0.25, 0.3) is 0 Å². The summed E-state index contributed by atoms with van der Waals surface area (Å²) in [5.41, 5.74) is 1.96. The molecule has 0 unspecified atom stereocenters. The van der Waals surface area contributed by atoms with Gasteiger partial charge in [0.25, 0.3) is 0 Å². The maximum atomic E-state index is 12.4. The van der Waals surface area contributed by atoms with Crippen LogP contribution in [0.2, 0.25) is 0 Å². The number of para-hydroxylation sites is 2. The summed E-state index contributed by atoms with van der Waals surface area (Å²) in [5.74, 6) is 0.0665. The van der Waals surface area contributed by atoms with E-state index in [-0.39, 0.29) is 11.4 Å². The average Bonchev–Trinajstić information content (AvgIpc) is 2.57. The third kappa shape index (κ3) is 5.04. The first-order chi connectivity index (χ1) is 11.8. The van der Waals surface area contributed by atoms with Gasteiger partial charge in [-0.15, -0.1) is 0 Å².